The van der Waals surface area contributed by atoms with E-state index >= 15 is 0 Å². The van der Waals surface area contributed by atoms with Crippen LogP contribution in [0.1, 0.15) is 36.6 Å². The molecule has 0 radical (unpaired) electrons. The minimum Gasteiger partial charge on any atom is -0.475 e. The van der Waals surface area contributed by atoms with Gasteiger partial charge in [-0.2, -0.15) is 5.26 Å². The number of fused-ring (bicyclic) bond motifs is 1. The number of aromatic nitrogens is 1. The van der Waals surface area contributed by atoms with Crippen LogP contribution in [0.3, 0.4) is 0 Å². The van der Waals surface area contributed by atoms with Crippen molar-refractivity contribution in [1.82, 2.24) is 10.3 Å². The second-order valence-electron chi connectivity index (χ2n) is 4.51. The van der Waals surface area contributed by atoms with E-state index in [2.05, 4.69) is 23.3 Å². The van der Waals surface area contributed by atoms with Crippen molar-refractivity contribution in [3.05, 3.63) is 22.9 Å². The molecule has 1 aliphatic carbocycles. The van der Waals surface area contributed by atoms with Gasteiger partial charge in [0.25, 0.3) is 0 Å². The van der Waals surface area contributed by atoms with Crippen molar-refractivity contribution in [1.29, 1.82) is 5.26 Å². The van der Waals surface area contributed by atoms with E-state index in [-0.39, 0.29) is 0 Å². The predicted molar refractivity (Wildman–Crippen MR) is 69.6 cm³/mol. The molecule has 0 saturated heterocycles. The molecule has 0 atom stereocenters. The van der Waals surface area contributed by atoms with Crippen molar-refractivity contribution in [3.63, 3.8) is 0 Å². The van der Waals surface area contributed by atoms with Gasteiger partial charge in [0, 0.05) is 12.2 Å². The van der Waals surface area contributed by atoms with E-state index in [0.29, 0.717) is 18.1 Å². The molecule has 1 heterocycles. The lowest BCUT2D eigenvalue weighted by Gasteiger charge is -2.09. The second kappa shape index (κ2) is 6.36. The van der Waals surface area contributed by atoms with E-state index in [1.165, 1.54) is 5.56 Å². The number of nitrogens with zero attached hydrogens (tertiary/aromatic N) is 2. The molecule has 18 heavy (non-hydrogen) atoms. The number of nitriles is 1. The third kappa shape index (κ3) is 2.99. The first-order chi connectivity index (χ1) is 8.85. The summed E-state index contributed by atoms with van der Waals surface area (Å²) in [6.07, 6.45) is 4.29. The first kappa shape index (κ1) is 12.8. The third-order valence-electron chi connectivity index (χ3n) is 3.08. The first-order valence-electron chi connectivity index (χ1n) is 6.61. The summed E-state index contributed by atoms with van der Waals surface area (Å²) in [5.41, 5.74) is 2.87. The van der Waals surface area contributed by atoms with Crippen molar-refractivity contribution in [2.24, 2.45) is 0 Å². The van der Waals surface area contributed by atoms with E-state index in [1.54, 1.807) is 0 Å². The first-order valence-corrected chi connectivity index (χ1v) is 6.61. The monoisotopic (exact) mass is 245 g/mol. The van der Waals surface area contributed by atoms with Crippen LogP contribution in [0.5, 0.6) is 5.88 Å². The van der Waals surface area contributed by atoms with Crippen molar-refractivity contribution in [2.45, 2.75) is 32.6 Å². The lowest BCUT2D eigenvalue weighted by molar-refractivity contribution is 0.301. The highest BCUT2D eigenvalue weighted by Crippen LogP contribution is 2.25. The molecule has 96 valence electrons. The third-order valence-corrected chi connectivity index (χ3v) is 3.08. The molecule has 1 aromatic rings. The van der Waals surface area contributed by atoms with Gasteiger partial charge in [0.05, 0.1) is 0 Å². The fourth-order valence-electron chi connectivity index (χ4n) is 2.16. The molecule has 1 aliphatic rings. The Hall–Kier alpha value is -1.60. The highest BCUT2D eigenvalue weighted by Gasteiger charge is 2.16. The molecule has 0 unspecified atom stereocenters. The van der Waals surface area contributed by atoms with Gasteiger partial charge >= 0.3 is 0 Å². The molecule has 2 rings (SSSR count). The lowest BCUT2D eigenvalue weighted by atomic mass is 10.1. The van der Waals surface area contributed by atoms with Gasteiger partial charge in [-0.1, -0.05) is 6.92 Å². The normalized spacial score (nSPS) is 13.1. The molecule has 1 aromatic heterocycles. The molecule has 0 aliphatic heterocycles. The van der Waals surface area contributed by atoms with Crippen LogP contribution in [0.2, 0.25) is 0 Å². The maximum absolute atomic E-state index is 9.10. The topological polar surface area (TPSA) is 57.9 Å². The minimum atomic E-state index is 0.497. The minimum absolute atomic E-state index is 0.497. The van der Waals surface area contributed by atoms with Crippen LogP contribution in [0, 0.1) is 11.3 Å². The average Bonchev–Trinajstić information content (AvgIpc) is 2.84. The van der Waals surface area contributed by atoms with Gasteiger partial charge in [-0.05, 0) is 43.9 Å². The molecule has 0 bridgehead atoms. The SMILES string of the molecule is CCCNCCOc1nc2c(cc1C#N)CCC2. The Balaban J connectivity index is 1.97. The number of hydrogen-bond donors (Lipinski definition) is 1. The Morgan fingerprint density at radius 2 is 2.33 bits per heavy atom. The number of rotatable bonds is 6. The maximum atomic E-state index is 9.10. The smallest absolute Gasteiger partial charge is 0.231 e. The summed E-state index contributed by atoms with van der Waals surface area (Å²) in [5, 5.41) is 12.4. The summed E-state index contributed by atoms with van der Waals surface area (Å²) in [6, 6.07) is 4.10. The van der Waals surface area contributed by atoms with Gasteiger partial charge in [0.2, 0.25) is 5.88 Å². The molecule has 0 spiro atoms. The van der Waals surface area contributed by atoms with Crippen LogP contribution in [-0.2, 0) is 12.8 Å². The Morgan fingerprint density at radius 3 is 3.11 bits per heavy atom. The number of pyridine rings is 1. The standard InChI is InChI=1S/C14H19N3O/c1-2-6-16-7-8-18-14-12(10-15)9-11-4-3-5-13(11)17-14/h9,16H,2-8H2,1H3. The highest BCUT2D eigenvalue weighted by molar-refractivity contribution is 5.44. The molecule has 4 heteroatoms. The van der Waals surface area contributed by atoms with Crippen LogP contribution < -0.4 is 10.1 Å². The van der Waals surface area contributed by atoms with E-state index in [9.17, 15) is 0 Å². The maximum Gasteiger partial charge on any atom is 0.231 e. The summed E-state index contributed by atoms with van der Waals surface area (Å²) in [5.74, 6) is 0.497. The molecule has 0 saturated carbocycles. The summed E-state index contributed by atoms with van der Waals surface area (Å²) in [6.45, 7) is 4.47. The summed E-state index contributed by atoms with van der Waals surface area (Å²) in [4.78, 5) is 4.47. The van der Waals surface area contributed by atoms with Crippen LogP contribution in [0.15, 0.2) is 6.07 Å². The molecule has 0 aromatic carbocycles. The lowest BCUT2D eigenvalue weighted by Crippen LogP contribution is -2.22. The van der Waals surface area contributed by atoms with Crippen LogP contribution >= 0.6 is 0 Å². The van der Waals surface area contributed by atoms with E-state index in [1.807, 2.05) is 6.07 Å². The van der Waals surface area contributed by atoms with Gasteiger partial charge in [0.15, 0.2) is 0 Å². The fourth-order valence-corrected chi connectivity index (χ4v) is 2.16. The molecule has 1 N–H and O–H groups in total. The number of nitrogens with one attached hydrogen (secondary N) is 1. The van der Waals surface area contributed by atoms with Gasteiger partial charge in [-0.15, -0.1) is 0 Å². The summed E-state index contributed by atoms with van der Waals surface area (Å²) >= 11 is 0. The number of aryl methyl sites for hydroxylation is 2. The molecule has 0 fully saturated rings. The van der Waals surface area contributed by atoms with Gasteiger partial charge in [0.1, 0.15) is 18.2 Å². The Labute approximate surface area is 108 Å². The van der Waals surface area contributed by atoms with Crippen molar-refractivity contribution in [3.8, 4) is 11.9 Å². The van der Waals surface area contributed by atoms with Gasteiger partial charge < -0.3 is 10.1 Å². The van der Waals surface area contributed by atoms with Gasteiger partial charge in [-0.25, -0.2) is 4.98 Å². The zero-order valence-electron chi connectivity index (χ0n) is 10.8. The van der Waals surface area contributed by atoms with Gasteiger partial charge in [-0.3, -0.25) is 0 Å². The van der Waals surface area contributed by atoms with Crippen LogP contribution in [0.25, 0.3) is 0 Å². The largest absolute Gasteiger partial charge is 0.475 e. The Morgan fingerprint density at radius 1 is 1.44 bits per heavy atom. The van der Waals surface area contributed by atoms with Crippen molar-refractivity contribution >= 4 is 0 Å². The Kier molecular flexibility index (Phi) is 4.54. The van der Waals surface area contributed by atoms with Crippen molar-refractivity contribution < 1.29 is 4.74 Å². The number of ether oxygens (including phenoxy) is 1. The fraction of sp³-hybridized carbons (Fsp3) is 0.571. The Bertz CT molecular complexity index is 451. The van der Waals surface area contributed by atoms with E-state index < -0.39 is 0 Å². The molecule has 4 nitrogen and oxygen atoms in total. The quantitative estimate of drug-likeness (QED) is 0.777. The van der Waals surface area contributed by atoms with Crippen molar-refractivity contribution in [2.75, 3.05) is 19.7 Å². The zero-order valence-corrected chi connectivity index (χ0v) is 10.8. The molecule has 0 amide bonds. The molecular formula is C14H19N3O. The summed E-state index contributed by atoms with van der Waals surface area (Å²) in [7, 11) is 0. The second-order valence-corrected chi connectivity index (χ2v) is 4.51. The summed E-state index contributed by atoms with van der Waals surface area (Å²) < 4.78 is 5.60. The van der Waals surface area contributed by atoms with Crippen LogP contribution in [-0.4, -0.2) is 24.7 Å². The predicted octanol–water partition coefficient (Wildman–Crippen LogP) is 1.82. The number of hydrogen-bond acceptors (Lipinski definition) is 4. The zero-order chi connectivity index (χ0) is 12.8. The van der Waals surface area contributed by atoms with E-state index in [4.69, 9.17) is 10.00 Å². The van der Waals surface area contributed by atoms with E-state index in [0.717, 1.165) is 44.5 Å². The average molecular weight is 245 g/mol. The highest BCUT2D eigenvalue weighted by atomic mass is 16.5. The van der Waals surface area contributed by atoms with Crippen LogP contribution in [0.4, 0.5) is 0 Å². The molecular weight excluding hydrogens is 226 g/mol.